The Morgan fingerprint density at radius 2 is 1.59 bits per heavy atom. The van der Waals surface area contributed by atoms with Gasteiger partial charge in [0.25, 0.3) is 0 Å². The molecular weight excluding hydrogens is 534 g/mol. The minimum Gasteiger partial charge on any atom is -0.494 e. The molecule has 4 rings (SSSR count). The van der Waals surface area contributed by atoms with Crippen LogP contribution in [0.4, 0.5) is 14.7 Å². The van der Waals surface area contributed by atoms with Crippen LogP contribution in [-0.2, 0) is 14.8 Å². The largest absolute Gasteiger partial charge is 0.494 e. The number of halogens is 2. The third-order valence-corrected chi connectivity index (χ3v) is 7.62. The van der Waals surface area contributed by atoms with E-state index >= 15 is 0 Å². The van der Waals surface area contributed by atoms with Crippen molar-refractivity contribution in [3.63, 3.8) is 0 Å². The molecule has 0 bridgehead atoms. The zero-order valence-corrected chi connectivity index (χ0v) is 22.5. The smallest absolute Gasteiger partial charge is 0.243 e. The van der Waals surface area contributed by atoms with Crippen LogP contribution in [0.1, 0.15) is 24.4 Å². The SMILES string of the molecule is COc1cccc(OC)c1-n1c(NS(=O)(=O)[C@@H](C)[C@H](OC)c2ncc(C)cn2)nnc1-c1ccc(F)c(F)c1. The van der Waals surface area contributed by atoms with E-state index in [9.17, 15) is 17.2 Å². The fourth-order valence-corrected chi connectivity index (χ4v) is 5.01. The first kappa shape index (κ1) is 27.9. The van der Waals surface area contributed by atoms with E-state index in [4.69, 9.17) is 14.2 Å². The first-order chi connectivity index (χ1) is 18.6. The molecule has 0 unspecified atom stereocenters. The number of aryl methyl sites for hydroxylation is 1. The number of aromatic nitrogens is 5. The second-order valence-corrected chi connectivity index (χ2v) is 10.5. The molecule has 2 aromatic carbocycles. The molecule has 4 aromatic rings. The van der Waals surface area contributed by atoms with Gasteiger partial charge in [-0.15, -0.1) is 10.2 Å². The maximum atomic E-state index is 14.2. The highest BCUT2D eigenvalue weighted by molar-refractivity contribution is 7.93. The second-order valence-electron chi connectivity index (χ2n) is 8.45. The van der Waals surface area contributed by atoms with Gasteiger partial charge in [-0.25, -0.2) is 27.2 Å². The average molecular weight is 561 g/mol. The van der Waals surface area contributed by atoms with Crippen LogP contribution in [0, 0.1) is 18.6 Å². The molecule has 2 aromatic heterocycles. The maximum Gasteiger partial charge on any atom is 0.243 e. The zero-order valence-electron chi connectivity index (χ0n) is 21.7. The van der Waals surface area contributed by atoms with Gasteiger partial charge in [0.1, 0.15) is 28.5 Å². The number of hydrogen-bond donors (Lipinski definition) is 1. The molecule has 0 aliphatic carbocycles. The summed E-state index contributed by atoms with van der Waals surface area (Å²) >= 11 is 0. The van der Waals surface area contributed by atoms with Crippen molar-refractivity contribution in [2.45, 2.75) is 25.2 Å². The van der Waals surface area contributed by atoms with E-state index in [1.165, 1.54) is 38.9 Å². The van der Waals surface area contributed by atoms with Gasteiger partial charge in [0.05, 0.1) is 14.2 Å². The number of ether oxygens (including phenoxy) is 3. The summed E-state index contributed by atoms with van der Waals surface area (Å²) in [6.07, 6.45) is 2.09. The van der Waals surface area contributed by atoms with Gasteiger partial charge in [-0.05, 0) is 49.7 Å². The lowest BCUT2D eigenvalue weighted by atomic mass is 10.2. The van der Waals surface area contributed by atoms with Gasteiger partial charge >= 0.3 is 0 Å². The van der Waals surface area contributed by atoms with Crippen LogP contribution < -0.4 is 14.2 Å². The first-order valence-electron chi connectivity index (χ1n) is 11.6. The molecular formula is C25H26F2N6O5S. The minimum atomic E-state index is -4.23. The number of benzene rings is 2. The van der Waals surface area contributed by atoms with E-state index in [0.29, 0.717) is 0 Å². The number of nitrogens with one attached hydrogen (secondary N) is 1. The number of anilines is 1. The topological polar surface area (TPSA) is 130 Å². The predicted octanol–water partition coefficient (Wildman–Crippen LogP) is 3.85. The van der Waals surface area contributed by atoms with Gasteiger partial charge in [-0.3, -0.25) is 9.29 Å². The summed E-state index contributed by atoms with van der Waals surface area (Å²) in [4.78, 5) is 8.40. The summed E-state index contributed by atoms with van der Waals surface area (Å²) in [5.41, 5.74) is 1.14. The van der Waals surface area contributed by atoms with Gasteiger partial charge in [-0.2, -0.15) is 0 Å². The normalized spacial score (nSPS) is 13.1. The van der Waals surface area contributed by atoms with E-state index in [-0.39, 0.29) is 40.3 Å². The molecule has 0 saturated carbocycles. The van der Waals surface area contributed by atoms with Crippen molar-refractivity contribution in [2.75, 3.05) is 26.1 Å². The highest BCUT2D eigenvalue weighted by atomic mass is 32.2. The third kappa shape index (κ3) is 5.52. The number of rotatable bonds is 10. The zero-order chi connectivity index (χ0) is 28.3. The van der Waals surface area contributed by atoms with Crippen LogP contribution in [0.15, 0.2) is 48.8 Å². The lowest BCUT2D eigenvalue weighted by molar-refractivity contribution is 0.0949. The lowest BCUT2D eigenvalue weighted by Gasteiger charge is -2.23. The number of sulfonamides is 1. The number of para-hydroxylation sites is 1. The molecule has 2 heterocycles. The van der Waals surface area contributed by atoms with Crippen molar-refractivity contribution in [3.05, 3.63) is 71.8 Å². The van der Waals surface area contributed by atoms with Crippen LogP contribution in [-0.4, -0.2) is 59.7 Å². The predicted molar refractivity (Wildman–Crippen MR) is 138 cm³/mol. The number of hydrogen-bond acceptors (Lipinski definition) is 9. The molecule has 0 spiro atoms. The molecule has 14 heteroatoms. The monoisotopic (exact) mass is 560 g/mol. The van der Waals surface area contributed by atoms with E-state index in [1.54, 1.807) is 37.5 Å². The van der Waals surface area contributed by atoms with Crippen molar-refractivity contribution in [1.29, 1.82) is 0 Å². The number of nitrogens with zero attached hydrogens (tertiary/aromatic N) is 5. The summed E-state index contributed by atoms with van der Waals surface area (Å²) in [6, 6.07) is 8.04. The first-order valence-corrected chi connectivity index (χ1v) is 13.1. The molecule has 1 N–H and O–H groups in total. The standard InChI is InChI=1S/C25H26F2N6O5S/c1-14-12-28-23(29-13-14)22(38-5)15(2)39(34,35)32-25-31-30-24(16-9-10-17(26)18(27)11-16)33(25)21-19(36-3)7-6-8-20(21)37-4/h6-13,15,22H,1-5H3,(H,31,32)/t15-,22-/m0/s1. The Morgan fingerprint density at radius 3 is 2.15 bits per heavy atom. The molecule has 0 radical (unpaired) electrons. The van der Waals surface area contributed by atoms with Crippen LogP contribution in [0.5, 0.6) is 11.5 Å². The van der Waals surface area contributed by atoms with Crippen molar-refractivity contribution in [3.8, 4) is 28.6 Å². The fourth-order valence-electron chi connectivity index (χ4n) is 3.88. The molecule has 0 fully saturated rings. The van der Waals surface area contributed by atoms with Crippen molar-refractivity contribution >= 4 is 16.0 Å². The summed E-state index contributed by atoms with van der Waals surface area (Å²) in [5.74, 6) is -1.72. The fraction of sp³-hybridized carbons (Fsp3) is 0.280. The van der Waals surface area contributed by atoms with E-state index in [0.717, 1.165) is 17.7 Å². The molecule has 0 amide bonds. The molecule has 0 saturated heterocycles. The van der Waals surface area contributed by atoms with Gasteiger partial charge in [-0.1, -0.05) is 6.07 Å². The summed E-state index contributed by atoms with van der Waals surface area (Å²) in [7, 11) is -0.0534. The minimum absolute atomic E-state index is 0.00721. The molecule has 39 heavy (non-hydrogen) atoms. The van der Waals surface area contributed by atoms with Crippen LogP contribution in [0.2, 0.25) is 0 Å². The Labute approximate surface area is 223 Å². The maximum absolute atomic E-state index is 14.2. The second kappa shape index (κ2) is 11.3. The Bertz CT molecular complexity index is 1560. The summed E-state index contributed by atoms with van der Waals surface area (Å²) in [6.45, 7) is 3.23. The number of methoxy groups -OCH3 is 3. The quantitative estimate of drug-likeness (QED) is 0.307. The van der Waals surface area contributed by atoms with Crippen molar-refractivity contribution in [1.82, 2.24) is 24.7 Å². The van der Waals surface area contributed by atoms with Crippen molar-refractivity contribution in [2.24, 2.45) is 0 Å². The molecule has 0 aliphatic heterocycles. The lowest BCUT2D eigenvalue weighted by Crippen LogP contribution is -2.33. The van der Waals surface area contributed by atoms with Gasteiger partial charge in [0.2, 0.25) is 16.0 Å². The molecule has 206 valence electrons. The van der Waals surface area contributed by atoms with Crippen molar-refractivity contribution < 1.29 is 31.4 Å². The van der Waals surface area contributed by atoms with E-state index in [2.05, 4.69) is 24.9 Å². The Hall–Kier alpha value is -4.17. The summed E-state index contributed by atoms with van der Waals surface area (Å²) in [5, 5.41) is 6.93. The summed E-state index contributed by atoms with van der Waals surface area (Å²) < 4.78 is 75.2. The van der Waals surface area contributed by atoms with E-state index < -0.39 is 33.0 Å². The molecule has 11 nitrogen and oxygen atoms in total. The van der Waals surface area contributed by atoms with Crippen LogP contribution >= 0.6 is 0 Å². The Morgan fingerprint density at radius 1 is 0.949 bits per heavy atom. The van der Waals surface area contributed by atoms with Crippen LogP contribution in [0.3, 0.4) is 0 Å². The molecule has 0 aliphatic rings. The van der Waals surface area contributed by atoms with Gasteiger partial charge in [0, 0.05) is 25.1 Å². The Balaban J connectivity index is 1.86. The third-order valence-electron chi connectivity index (χ3n) is 5.92. The van der Waals surface area contributed by atoms with E-state index in [1.807, 2.05) is 0 Å². The van der Waals surface area contributed by atoms with Crippen LogP contribution in [0.25, 0.3) is 17.1 Å². The highest BCUT2D eigenvalue weighted by Crippen LogP contribution is 2.38. The average Bonchev–Trinajstić information content (AvgIpc) is 3.33. The highest BCUT2D eigenvalue weighted by Gasteiger charge is 2.35. The van der Waals surface area contributed by atoms with Gasteiger partial charge < -0.3 is 14.2 Å². The molecule has 2 atom stereocenters. The Kier molecular flexibility index (Phi) is 8.06. The van der Waals surface area contributed by atoms with Gasteiger partial charge in [0.15, 0.2) is 23.3 Å².